The second-order valence-electron chi connectivity index (χ2n) is 4.87. The van der Waals surface area contributed by atoms with Crippen molar-refractivity contribution in [3.05, 3.63) is 47.0 Å². The summed E-state index contributed by atoms with van der Waals surface area (Å²) in [5.74, 6) is 1.93. The van der Waals surface area contributed by atoms with Gasteiger partial charge in [-0.1, -0.05) is 0 Å². The van der Waals surface area contributed by atoms with Gasteiger partial charge in [-0.05, 0) is 44.0 Å². The monoisotopic (exact) mass is 272 g/mol. The molecule has 0 radical (unpaired) electrons. The van der Waals surface area contributed by atoms with Crippen LogP contribution < -0.4 is 10.5 Å². The van der Waals surface area contributed by atoms with Gasteiger partial charge in [0.2, 0.25) is 0 Å². The summed E-state index contributed by atoms with van der Waals surface area (Å²) < 4.78 is 7.92. The first-order chi connectivity index (χ1) is 9.49. The van der Waals surface area contributed by atoms with E-state index in [1.54, 1.807) is 6.20 Å². The lowest BCUT2D eigenvalue weighted by molar-refractivity contribution is 0.293. The fraction of sp³-hybridized carbons (Fsp3) is 0.333. The van der Waals surface area contributed by atoms with Crippen LogP contribution in [0.2, 0.25) is 0 Å². The molecule has 1 aromatic carbocycles. The zero-order valence-corrected chi connectivity index (χ0v) is 12.1. The predicted octanol–water partition coefficient (Wildman–Crippen LogP) is 2.17. The molecule has 0 spiro atoms. The van der Waals surface area contributed by atoms with Crippen molar-refractivity contribution in [3.8, 4) is 5.75 Å². The molecule has 20 heavy (non-hydrogen) atoms. The van der Waals surface area contributed by atoms with Crippen LogP contribution in [0.4, 0.5) is 0 Å². The Hall–Kier alpha value is -2.30. The lowest BCUT2D eigenvalue weighted by Crippen LogP contribution is -2.13. The summed E-state index contributed by atoms with van der Waals surface area (Å²) in [6.07, 6.45) is 3.73. The number of nitrogens with two attached hydrogens (primary N) is 1. The number of nitrogens with one attached hydrogen (secondary N) is 1. The Morgan fingerprint density at radius 1 is 1.30 bits per heavy atom. The number of aromatic nitrogens is 2. The third-order valence-electron chi connectivity index (χ3n) is 3.27. The molecular formula is C15H20N4O. The normalized spacial score (nSPS) is 10.6. The van der Waals surface area contributed by atoms with Crippen molar-refractivity contribution in [1.29, 1.82) is 5.41 Å². The lowest BCUT2D eigenvalue weighted by Gasteiger charge is -2.14. The topological polar surface area (TPSA) is 76.9 Å². The summed E-state index contributed by atoms with van der Waals surface area (Å²) in [5.41, 5.74) is 8.24. The van der Waals surface area contributed by atoms with E-state index in [1.807, 2.05) is 39.1 Å². The Kier molecular flexibility index (Phi) is 4.08. The zero-order chi connectivity index (χ0) is 14.7. The highest BCUT2D eigenvalue weighted by Crippen LogP contribution is 2.24. The van der Waals surface area contributed by atoms with Gasteiger partial charge in [0, 0.05) is 18.0 Å². The fourth-order valence-corrected chi connectivity index (χ4v) is 2.22. The molecule has 0 saturated carbocycles. The van der Waals surface area contributed by atoms with E-state index in [-0.39, 0.29) is 5.84 Å². The number of hydrogen-bond acceptors (Lipinski definition) is 3. The summed E-state index contributed by atoms with van der Waals surface area (Å²) >= 11 is 0. The Balaban J connectivity index is 2.06. The molecule has 0 aliphatic heterocycles. The maximum absolute atomic E-state index is 7.48. The summed E-state index contributed by atoms with van der Waals surface area (Å²) in [6, 6.07) is 3.76. The number of ether oxygens (including phenoxy) is 1. The quantitative estimate of drug-likeness (QED) is 0.647. The van der Waals surface area contributed by atoms with Crippen LogP contribution in [0.15, 0.2) is 24.5 Å². The van der Waals surface area contributed by atoms with Gasteiger partial charge in [0.05, 0.1) is 6.54 Å². The third kappa shape index (κ3) is 2.99. The zero-order valence-electron chi connectivity index (χ0n) is 12.1. The molecule has 0 atom stereocenters. The highest BCUT2D eigenvalue weighted by Gasteiger charge is 2.08. The molecular weight excluding hydrogens is 252 g/mol. The van der Waals surface area contributed by atoms with E-state index in [1.165, 1.54) is 0 Å². The standard InChI is InChI=1S/C15H20N4O/c1-10-8-13(15(16)17)9-11(2)14(10)20-7-6-19-5-4-18-12(19)3/h4-5,8-9H,6-7H2,1-3H3,(H3,16,17). The molecule has 5 heteroatoms. The van der Waals surface area contributed by atoms with Crippen LogP contribution in [0, 0.1) is 26.2 Å². The van der Waals surface area contributed by atoms with Gasteiger partial charge in [-0.15, -0.1) is 0 Å². The molecule has 2 rings (SSSR count). The van der Waals surface area contributed by atoms with Gasteiger partial charge >= 0.3 is 0 Å². The van der Waals surface area contributed by atoms with Gasteiger partial charge in [-0.3, -0.25) is 5.41 Å². The van der Waals surface area contributed by atoms with Gasteiger partial charge in [0.1, 0.15) is 24.0 Å². The molecule has 0 bridgehead atoms. The SMILES string of the molecule is Cc1cc(C(=N)N)cc(C)c1OCCn1ccnc1C. The number of benzene rings is 1. The van der Waals surface area contributed by atoms with Crippen LogP contribution >= 0.6 is 0 Å². The van der Waals surface area contributed by atoms with Gasteiger partial charge in [0.25, 0.3) is 0 Å². The molecule has 0 aliphatic rings. The van der Waals surface area contributed by atoms with Crippen LogP contribution in [0.25, 0.3) is 0 Å². The highest BCUT2D eigenvalue weighted by molar-refractivity contribution is 5.95. The molecule has 0 amide bonds. The first-order valence-corrected chi connectivity index (χ1v) is 6.55. The average molecular weight is 272 g/mol. The molecule has 1 heterocycles. The van der Waals surface area contributed by atoms with Crippen molar-refractivity contribution in [2.75, 3.05) is 6.61 Å². The molecule has 0 aliphatic carbocycles. The Labute approximate surface area is 118 Å². The van der Waals surface area contributed by atoms with E-state index in [4.69, 9.17) is 15.9 Å². The summed E-state index contributed by atoms with van der Waals surface area (Å²) in [7, 11) is 0. The van der Waals surface area contributed by atoms with Crippen molar-refractivity contribution in [3.63, 3.8) is 0 Å². The van der Waals surface area contributed by atoms with Crippen molar-refractivity contribution in [1.82, 2.24) is 9.55 Å². The van der Waals surface area contributed by atoms with E-state index >= 15 is 0 Å². The Morgan fingerprint density at radius 2 is 1.95 bits per heavy atom. The minimum absolute atomic E-state index is 0.0804. The van der Waals surface area contributed by atoms with Gasteiger partial charge < -0.3 is 15.0 Å². The molecule has 0 unspecified atom stereocenters. The third-order valence-corrected chi connectivity index (χ3v) is 3.27. The summed E-state index contributed by atoms with van der Waals surface area (Å²) in [5, 5.41) is 7.48. The summed E-state index contributed by atoms with van der Waals surface area (Å²) in [4.78, 5) is 4.18. The number of amidine groups is 1. The summed E-state index contributed by atoms with van der Waals surface area (Å²) in [6.45, 7) is 7.25. The largest absolute Gasteiger partial charge is 0.491 e. The second-order valence-corrected chi connectivity index (χ2v) is 4.87. The van der Waals surface area contributed by atoms with Crippen molar-refractivity contribution in [2.45, 2.75) is 27.3 Å². The second kappa shape index (κ2) is 5.77. The Morgan fingerprint density at radius 3 is 2.45 bits per heavy atom. The highest BCUT2D eigenvalue weighted by atomic mass is 16.5. The van der Waals surface area contributed by atoms with E-state index in [0.29, 0.717) is 6.61 Å². The fourth-order valence-electron chi connectivity index (χ4n) is 2.22. The minimum atomic E-state index is 0.0804. The first kappa shape index (κ1) is 14.1. The lowest BCUT2D eigenvalue weighted by atomic mass is 10.1. The molecule has 3 N–H and O–H groups in total. The molecule has 2 aromatic rings. The van der Waals surface area contributed by atoms with Crippen LogP contribution in [0.1, 0.15) is 22.5 Å². The van der Waals surface area contributed by atoms with Gasteiger partial charge in [0.15, 0.2) is 0 Å². The van der Waals surface area contributed by atoms with E-state index in [0.717, 1.165) is 34.8 Å². The van der Waals surface area contributed by atoms with Crippen LogP contribution in [0.5, 0.6) is 5.75 Å². The maximum Gasteiger partial charge on any atom is 0.125 e. The van der Waals surface area contributed by atoms with Gasteiger partial charge in [-0.2, -0.15) is 0 Å². The molecule has 0 fully saturated rings. The molecule has 1 aromatic heterocycles. The molecule has 106 valence electrons. The van der Waals surface area contributed by atoms with Crippen LogP contribution in [-0.2, 0) is 6.54 Å². The predicted molar refractivity (Wildman–Crippen MR) is 79.4 cm³/mol. The van der Waals surface area contributed by atoms with Crippen LogP contribution in [-0.4, -0.2) is 22.0 Å². The van der Waals surface area contributed by atoms with Crippen molar-refractivity contribution in [2.24, 2.45) is 5.73 Å². The van der Waals surface area contributed by atoms with Crippen molar-refractivity contribution >= 4 is 5.84 Å². The number of imidazole rings is 1. The molecule has 5 nitrogen and oxygen atoms in total. The average Bonchev–Trinajstić information content (AvgIpc) is 2.78. The van der Waals surface area contributed by atoms with E-state index in [9.17, 15) is 0 Å². The van der Waals surface area contributed by atoms with E-state index < -0.39 is 0 Å². The smallest absolute Gasteiger partial charge is 0.125 e. The van der Waals surface area contributed by atoms with Gasteiger partial charge in [-0.25, -0.2) is 4.98 Å². The maximum atomic E-state index is 7.48. The van der Waals surface area contributed by atoms with Crippen molar-refractivity contribution < 1.29 is 4.74 Å². The van der Waals surface area contributed by atoms with E-state index in [2.05, 4.69) is 9.55 Å². The minimum Gasteiger partial charge on any atom is -0.491 e. The number of nitrogen functional groups attached to an aromatic ring is 1. The number of rotatable bonds is 5. The molecule has 0 saturated heterocycles. The first-order valence-electron chi connectivity index (χ1n) is 6.55. The number of aryl methyl sites for hydroxylation is 3. The number of nitrogens with zero attached hydrogens (tertiary/aromatic N) is 2. The number of hydrogen-bond donors (Lipinski definition) is 2. The van der Waals surface area contributed by atoms with Crippen LogP contribution in [0.3, 0.4) is 0 Å². The Bertz CT molecular complexity index is 608.